The maximum Gasteiger partial charge on any atom is 0.220 e. The minimum Gasteiger partial charge on any atom is -0.226 e. The summed E-state index contributed by atoms with van der Waals surface area (Å²) >= 11 is 17.6. The summed E-state index contributed by atoms with van der Waals surface area (Å²) in [6.45, 7) is 0. The zero-order valence-corrected chi connectivity index (χ0v) is 10.1. The molecule has 0 saturated heterocycles. The van der Waals surface area contributed by atoms with Crippen LogP contribution in [0.4, 0.5) is 4.39 Å². The number of rotatable bonds is 1. The lowest BCUT2D eigenvalue weighted by Gasteiger charge is -2.06. The van der Waals surface area contributed by atoms with Crippen LogP contribution in [-0.4, -0.2) is 4.98 Å². The maximum absolute atomic E-state index is 13.5. The third kappa shape index (κ3) is 2.14. The Bertz CT molecular complexity index is 543. The van der Waals surface area contributed by atoms with E-state index >= 15 is 0 Å². The smallest absolute Gasteiger partial charge is 0.220 e. The molecule has 0 unspecified atom stereocenters. The SMILES string of the molecule is Fc1ncc(Cl)cc1-c1cccc(Cl)c1Cl. The van der Waals surface area contributed by atoms with Crippen LogP contribution in [0.1, 0.15) is 0 Å². The number of nitrogens with zero attached hydrogens (tertiary/aromatic N) is 1. The van der Waals surface area contributed by atoms with Crippen molar-refractivity contribution in [2.75, 3.05) is 0 Å². The fraction of sp³-hybridized carbons (Fsp3) is 0. The van der Waals surface area contributed by atoms with Crippen molar-refractivity contribution in [3.05, 3.63) is 51.5 Å². The lowest BCUT2D eigenvalue weighted by atomic mass is 10.1. The Balaban J connectivity index is 2.67. The normalized spacial score (nSPS) is 10.5. The van der Waals surface area contributed by atoms with Gasteiger partial charge >= 0.3 is 0 Å². The van der Waals surface area contributed by atoms with Crippen molar-refractivity contribution in [2.24, 2.45) is 0 Å². The fourth-order valence-corrected chi connectivity index (χ4v) is 1.88. The third-order valence-electron chi connectivity index (χ3n) is 2.05. The van der Waals surface area contributed by atoms with Crippen LogP contribution >= 0.6 is 34.8 Å². The highest BCUT2D eigenvalue weighted by molar-refractivity contribution is 6.43. The van der Waals surface area contributed by atoms with Crippen LogP contribution in [0.5, 0.6) is 0 Å². The minimum atomic E-state index is -0.631. The van der Waals surface area contributed by atoms with Gasteiger partial charge in [0.25, 0.3) is 0 Å². The van der Waals surface area contributed by atoms with E-state index in [1.807, 2.05) is 0 Å². The molecule has 1 aromatic carbocycles. The Morgan fingerprint density at radius 2 is 1.81 bits per heavy atom. The summed E-state index contributed by atoms with van der Waals surface area (Å²) in [5, 5.41) is 0.984. The highest BCUT2D eigenvalue weighted by Crippen LogP contribution is 2.35. The van der Waals surface area contributed by atoms with Crippen molar-refractivity contribution < 1.29 is 4.39 Å². The molecular weight excluding hydrogens is 271 g/mol. The molecule has 0 amide bonds. The quantitative estimate of drug-likeness (QED) is 0.679. The van der Waals surface area contributed by atoms with Gasteiger partial charge in [-0.05, 0) is 12.1 Å². The number of hydrogen-bond donors (Lipinski definition) is 0. The second-order valence-electron chi connectivity index (χ2n) is 3.09. The number of aromatic nitrogens is 1. The van der Waals surface area contributed by atoms with Crippen LogP contribution in [0.15, 0.2) is 30.5 Å². The van der Waals surface area contributed by atoms with E-state index in [4.69, 9.17) is 34.8 Å². The predicted molar refractivity (Wildman–Crippen MR) is 64.7 cm³/mol. The highest BCUT2D eigenvalue weighted by atomic mass is 35.5. The first-order chi connectivity index (χ1) is 7.59. The third-order valence-corrected chi connectivity index (χ3v) is 3.07. The molecule has 0 spiro atoms. The largest absolute Gasteiger partial charge is 0.226 e. The molecule has 0 atom stereocenters. The molecule has 82 valence electrons. The second-order valence-corrected chi connectivity index (χ2v) is 4.31. The van der Waals surface area contributed by atoms with Crippen molar-refractivity contribution in [1.82, 2.24) is 4.98 Å². The molecule has 0 radical (unpaired) electrons. The van der Waals surface area contributed by atoms with Crippen molar-refractivity contribution in [3.8, 4) is 11.1 Å². The molecule has 0 aliphatic heterocycles. The standard InChI is InChI=1S/C11H5Cl3FN/c12-6-4-8(11(15)16-5-6)7-2-1-3-9(13)10(7)14/h1-5H. The van der Waals surface area contributed by atoms with E-state index < -0.39 is 5.95 Å². The Hall–Kier alpha value is -0.830. The van der Waals surface area contributed by atoms with Crippen molar-refractivity contribution in [2.45, 2.75) is 0 Å². The molecule has 1 aromatic heterocycles. The van der Waals surface area contributed by atoms with Crippen molar-refractivity contribution >= 4 is 34.8 Å². The Morgan fingerprint density at radius 1 is 1.06 bits per heavy atom. The van der Waals surface area contributed by atoms with Gasteiger partial charge in [-0.2, -0.15) is 4.39 Å². The first-order valence-corrected chi connectivity index (χ1v) is 5.48. The molecule has 2 aromatic rings. The lowest BCUT2D eigenvalue weighted by molar-refractivity contribution is 0.587. The van der Waals surface area contributed by atoms with Gasteiger partial charge in [-0.3, -0.25) is 0 Å². The average molecular weight is 277 g/mol. The zero-order chi connectivity index (χ0) is 11.7. The Morgan fingerprint density at radius 3 is 2.56 bits per heavy atom. The zero-order valence-electron chi connectivity index (χ0n) is 7.85. The molecule has 0 fully saturated rings. The van der Waals surface area contributed by atoms with Crippen molar-refractivity contribution in [1.29, 1.82) is 0 Å². The van der Waals surface area contributed by atoms with E-state index in [9.17, 15) is 4.39 Å². The first-order valence-electron chi connectivity index (χ1n) is 4.35. The van der Waals surface area contributed by atoms with Gasteiger partial charge in [0.15, 0.2) is 0 Å². The first kappa shape index (κ1) is 11.6. The predicted octanol–water partition coefficient (Wildman–Crippen LogP) is 4.85. The summed E-state index contributed by atoms with van der Waals surface area (Å²) in [4.78, 5) is 3.53. The topological polar surface area (TPSA) is 12.9 Å². The van der Waals surface area contributed by atoms with Crippen LogP contribution in [-0.2, 0) is 0 Å². The molecule has 1 heterocycles. The molecule has 2 rings (SSSR count). The average Bonchev–Trinajstić information content (AvgIpc) is 2.26. The molecule has 1 nitrogen and oxygen atoms in total. The van der Waals surface area contributed by atoms with E-state index in [0.29, 0.717) is 15.6 Å². The summed E-state index contributed by atoms with van der Waals surface area (Å²) in [5.41, 5.74) is 0.710. The number of hydrogen-bond acceptors (Lipinski definition) is 1. The van der Waals surface area contributed by atoms with Gasteiger partial charge in [-0.25, -0.2) is 4.98 Å². The molecule has 0 saturated carbocycles. The van der Waals surface area contributed by atoms with E-state index in [0.717, 1.165) is 0 Å². The lowest BCUT2D eigenvalue weighted by Crippen LogP contribution is -1.89. The van der Waals surface area contributed by atoms with Gasteiger partial charge in [-0.1, -0.05) is 46.9 Å². The van der Waals surface area contributed by atoms with E-state index in [2.05, 4.69) is 4.98 Å². The van der Waals surface area contributed by atoms with Crippen molar-refractivity contribution in [3.63, 3.8) is 0 Å². The monoisotopic (exact) mass is 275 g/mol. The molecule has 0 N–H and O–H groups in total. The Labute approximate surface area is 107 Å². The summed E-state index contributed by atoms with van der Waals surface area (Å²) in [5.74, 6) is -0.631. The number of halogens is 4. The van der Waals surface area contributed by atoms with Gasteiger partial charge in [-0.15, -0.1) is 0 Å². The minimum absolute atomic E-state index is 0.236. The summed E-state index contributed by atoms with van der Waals surface area (Å²) in [7, 11) is 0. The number of pyridine rings is 1. The molecule has 0 bridgehead atoms. The van der Waals surface area contributed by atoms with Crippen LogP contribution < -0.4 is 0 Å². The van der Waals surface area contributed by atoms with Gasteiger partial charge in [0.1, 0.15) is 0 Å². The van der Waals surface area contributed by atoms with Crippen LogP contribution in [0.3, 0.4) is 0 Å². The maximum atomic E-state index is 13.5. The summed E-state index contributed by atoms with van der Waals surface area (Å²) < 4.78 is 13.5. The van der Waals surface area contributed by atoms with E-state index in [1.54, 1.807) is 18.2 Å². The van der Waals surface area contributed by atoms with Gasteiger partial charge in [0.2, 0.25) is 5.95 Å². The summed E-state index contributed by atoms with van der Waals surface area (Å²) in [6.07, 6.45) is 1.23. The highest BCUT2D eigenvalue weighted by Gasteiger charge is 2.12. The molecule has 0 aliphatic carbocycles. The number of benzene rings is 1. The van der Waals surface area contributed by atoms with Crippen LogP contribution in [0, 0.1) is 5.95 Å². The Kier molecular flexibility index (Phi) is 3.33. The van der Waals surface area contributed by atoms with Gasteiger partial charge in [0, 0.05) is 17.3 Å². The van der Waals surface area contributed by atoms with E-state index in [1.165, 1.54) is 12.3 Å². The molecule has 16 heavy (non-hydrogen) atoms. The second kappa shape index (κ2) is 4.58. The summed E-state index contributed by atoms with van der Waals surface area (Å²) in [6, 6.07) is 6.43. The molecule has 5 heteroatoms. The van der Waals surface area contributed by atoms with Crippen LogP contribution in [0.25, 0.3) is 11.1 Å². The molecular formula is C11H5Cl3FN. The van der Waals surface area contributed by atoms with Gasteiger partial charge in [0.05, 0.1) is 15.1 Å². The van der Waals surface area contributed by atoms with Crippen LogP contribution in [0.2, 0.25) is 15.1 Å². The fourth-order valence-electron chi connectivity index (χ4n) is 1.32. The molecule has 0 aliphatic rings. The van der Waals surface area contributed by atoms with E-state index in [-0.39, 0.29) is 10.6 Å². The van der Waals surface area contributed by atoms with Gasteiger partial charge < -0.3 is 0 Å².